The average Bonchev–Trinajstić information content (AvgIpc) is 2.98. The Labute approximate surface area is 136 Å². The highest BCUT2D eigenvalue weighted by Gasteiger charge is 2.20. The molecule has 0 fully saturated rings. The van der Waals surface area contributed by atoms with Gasteiger partial charge in [0, 0.05) is 24.0 Å². The lowest BCUT2D eigenvalue weighted by Crippen LogP contribution is -2.34. The molecule has 2 aromatic carbocycles. The fourth-order valence-electron chi connectivity index (χ4n) is 2.36. The number of rotatable bonds is 3. The van der Waals surface area contributed by atoms with Gasteiger partial charge in [-0.1, -0.05) is 0 Å². The Morgan fingerprint density at radius 3 is 2.62 bits per heavy atom. The molecule has 1 heterocycles. The Hall–Kier alpha value is -2.68. The van der Waals surface area contributed by atoms with Crippen molar-refractivity contribution in [2.75, 3.05) is 17.2 Å². The molecule has 0 saturated carbocycles. The predicted octanol–water partition coefficient (Wildman–Crippen LogP) is 2.44. The fraction of sp³-hybridized carbons (Fsp3) is 0.133. The van der Waals surface area contributed by atoms with E-state index in [1.165, 1.54) is 12.1 Å². The molecule has 0 bridgehead atoms. The third-order valence-corrected chi connectivity index (χ3v) is 4.83. The zero-order valence-corrected chi connectivity index (χ0v) is 13.1. The Balaban J connectivity index is 1.74. The first-order valence-corrected chi connectivity index (χ1v) is 8.49. The lowest BCUT2D eigenvalue weighted by atomic mass is 10.2. The van der Waals surface area contributed by atoms with E-state index >= 15 is 0 Å². The predicted molar refractivity (Wildman–Crippen MR) is 84.3 cm³/mol. The first-order valence-electron chi connectivity index (χ1n) is 7.01. The number of fused-ring (bicyclic) bond motifs is 1. The first kappa shape index (κ1) is 16.2. The number of hydrogen-bond acceptors (Lipinski definition) is 4. The Bertz CT molecular complexity index is 916. The molecule has 0 aromatic heterocycles. The highest BCUT2D eigenvalue weighted by Crippen LogP contribution is 2.25. The molecular weight excluding hydrogens is 340 g/mol. The molecule has 9 heteroatoms. The van der Waals surface area contributed by atoms with Gasteiger partial charge in [0.25, 0.3) is 10.0 Å². The van der Waals surface area contributed by atoms with E-state index in [1.54, 1.807) is 6.07 Å². The monoisotopic (exact) mass is 353 g/mol. The molecule has 0 atom stereocenters. The number of nitrogens with one attached hydrogen (secondary N) is 3. The Morgan fingerprint density at radius 1 is 1.08 bits per heavy atom. The van der Waals surface area contributed by atoms with E-state index in [2.05, 4.69) is 10.6 Å². The summed E-state index contributed by atoms with van der Waals surface area (Å²) in [5.74, 6) is -2.22. The van der Waals surface area contributed by atoms with Crippen LogP contribution < -0.4 is 15.4 Å². The molecule has 0 radical (unpaired) electrons. The molecule has 0 unspecified atom stereocenters. The third-order valence-electron chi connectivity index (χ3n) is 3.50. The van der Waals surface area contributed by atoms with E-state index in [0.29, 0.717) is 6.42 Å². The van der Waals surface area contributed by atoms with Crippen molar-refractivity contribution in [1.29, 1.82) is 0 Å². The van der Waals surface area contributed by atoms with Gasteiger partial charge in [-0.25, -0.2) is 26.7 Å². The van der Waals surface area contributed by atoms with E-state index in [1.807, 2.05) is 4.72 Å². The molecule has 0 saturated heterocycles. The molecular formula is C15H13F2N3O3S. The number of hydrogen-bond donors (Lipinski definition) is 3. The zero-order valence-electron chi connectivity index (χ0n) is 12.3. The van der Waals surface area contributed by atoms with Crippen molar-refractivity contribution in [2.24, 2.45) is 0 Å². The molecule has 1 aliphatic rings. The standard InChI is InChI=1S/C15H13F2N3O3S/c16-12-3-1-10(8-13(12)17)19-15(21)20-24(22,23)11-2-4-14-9(7-11)5-6-18-14/h1-4,7-8,18H,5-6H2,(H2,19,20,21). The van der Waals surface area contributed by atoms with Crippen molar-refractivity contribution in [3.8, 4) is 0 Å². The number of halogens is 2. The van der Waals surface area contributed by atoms with Crippen molar-refractivity contribution in [3.05, 3.63) is 53.6 Å². The van der Waals surface area contributed by atoms with Gasteiger partial charge < -0.3 is 10.6 Å². The molecule has 6 nitrogen and oxygen atoms in total. The van der Waals surface area contributed by atoms with Crippen LogP contribution in [0.25, 0.3) is 0 Å². The number of carbonyl (C=O) groups excluding carboxylic acids is 1. The van der Waals surface area contributed by atoms with Gasteiger partial charge in [-0.15, -0.1) is 0 Å². The van der Waals surface area contributed by atoms with Gasteiger partial charge in [-0.2, -0.15) is 0 Å². The third kappa shape index (κ3) is 3.30. The van der Waals surface area contributed by atoms with Crippen molar-refractivity contribution >= 4 is 27.4 Å². The summed E-state index contributed by atoms with van der Waals surface area (Å²) in [6.07, 6.45) is 0.694. The SMILES string of the molecule is O=C(Nc1ccc(F)c(F)c1)NS(=O)(=O)c1ccc2c(c1)CCN2. The summed E-state index contributed by atoms with van der Waals surface area (Å²) in [4.78, 5) is 11.8. The van der Waals surface area contributed by atoms with Crippen LogP contribution in [0.2, 0.25) is 0 Å². The van der Waals surface area contributed by atoms with Crippen molar-refractivity contribution in [2.45, 2.75) is 11.3 Å². The topological polar surface area (TPSA) is 87.3 Å². The van der Waals surface area contributed by atoms with Crippen LogP contribution in [0.1, 0.15) is 5.56 Å². The lowest BCUT2D eigenvalue weighted by Gasteiger charge is -2.10. The van der Waals surface area contributed by atoms with Crippen molar-refractivity contribution < 1.29 is 22.0 Å². The van der Waals surface area contributed by atoms with E-state index < -0.39 is 27.7 Å². The van der Waals surface area contributed by atoms with E-state index in [0.717, 1.165) is 36.0 Å². The number of sulfonamides is 1. The molecule has 126 valence electrons. The van der Waals surface area contributed by atoms with Gasteiger partial charge in [0.05, 0.1) is 4.90 Å². The summed E-state index contributed by atoms with van der Waals surface area (Å²) < 4.78 is 52.2. The number of urea groups is 1. The van der Waals surface area contributed by atoms with Crippen LogP contribution in [0.4, 0.5) is 25.0 Å². The van der Waals surface area contributed by atoms with Gasteiger partial charge in [0.15, 0.2) is 11.6 Å². The molecule has 0 spiro atoms. The van der Waals surface area contributed by atoms with Crippen LogP contribution in [0.3, 0.4) is 0 Å². The molecule has 2 amide bonds. The quantitative estimate of drug-likeness (QED) is 0.791. The molecule has 3 N–H and O–H groups in total. The fourth-order valence-corrected chi connectivity index (χ4v) is 3.32. The molecule has 0 aliphatic carbocycles. The van der Waals surface area contributed by atoms with Gasteiger partial charge in [0.2, 0.25) is 0 Å². The van der Waals surface area contributed by atoms with Crippen molar-refractivity contribution in [3.63, 3.8) is 0 Å². The summed E-state index contributed by atoms with van der Waals surface area (Å²) in [5.41, 5.74) is 1.64. The van der Waals surface area contributed by atoms with E-state index in [9.17, 15) is 22.0 Å². The molecule has 1 aliphatic heterocycles. The van der Waals surface area contributed by atoms with Gasteiger partial charge in [-0.3, -0.25) is 0 Å². The summed E-state index contributed by atoms with van der Waals surface area (Å²) in [7, 11) is -4.08. The van der Waals surface area contributed by atoms with Gasteiger partial charge in [-0.05, 0) is 42.3 Å². The second-order valence-electron chi connectivity index (χ2n) is 5.18. The van der Waals surface area contributed by atoms with E-state index in [-0.39, 0.29) is 10.6 Å². The number of amides is 2. The zero-order chi connectivity index (χ0) is 17.3. The van der Waals surface area contributed by atoms with Crippen molar-refractivity contribution in [1.82, 2.24) is 4.72 Å². The minimum atomic E-state index is -4.08. The van der Waals surface area contributed by atoms with Gasteiger partial charge in [0.1, 0.15) is 0 Å². The molecule has 2 aromatic rings. The smallest absolute Gasteiger partial charge is 0.333 e. The minimum Gasteiger partial charge on any atom is -0.384 e. The highest BCUT2D eigenvalue weighted by molar-refractivity contribution is 7.90. The van der Waals surface area contributed by atoms with Crippen LogP contribution in [0.15, 0.2) is 41.3 Å². The Morgan fingerprint density at radius 2 is 1.88 bits per heavy atom. The Kier molecular flexibility index (Phi) is 4.10. The maximum Gasteiger partial charge on any atom is 0.333 e. The van der Waals surface area contributed by atoms with Crippen LogP contribution in [0.5, 0.6) is 0 Å². The van der Waals surface area contributed by atoms with Crippen LogP contribution >= 0.6 is 0 Å². The number of benzene rings is 2. The average molecular weight is 353 g/mol. The second-order valence-corrected chi connectivity index (χ2v) is 6.87. The largest absolute Gasteiger partial charge is 0.384 e. The summed E-state index contributed by atoms with van der Waals surface area (Å²) in [6.45, 7) is 0.725. The van der Waals surface area contributed by atoms with Crippen LogP contribution in [-0.2, 0) is 16.4 Å². The first-order chi connectivity index (χ1) is 11.3. The number of carbonyl (C=O) groups is 1. The van der Waals surface area contributed by atoms with E-state index in [4.69, 9.17) is 0 Å². The maximum atomic E-state index is 13.1. The maximum absolute atomic E-state index is 13.1. The van der Waals surface area contributed by atoms with Gasteiger partial charge >= 0.3 is 6.03 Å². The molecule has 24 heavy (non-hydrogen) atoms. The molecule has 3 rings (SSSR count). The minimum absolute atomic E-state index is 0.0506. The summed E-state index contributed by atoms with van der Waals surface area (Å²) >= 11 is 0. The van der Waals surface area contributed by atoms with Crippen LogP contribution in [-0.4, -0.2) is 21.0 Å². The highest BCUT2D eigenvalue weighted by atomic mass is 32.2. The lowest BCUT2D eigenvalue weighted by molar-refractivity contribution is 0.256. The normalized spacial score (nSPS) is 13.1. The van der Waals surface area contributed by atoms with Crippen LogP contribution in [0, 0.1) is 11.6 Å². The second kappa shape index (κ2) is 6.08. The number of anilines is 2. The summed E-state index contributed by atoms with van der Waals surface area (Å²) in [5, 5.41) is 5.24. The summed E-state index contributed by atoms with van der Waals surface area (Å²) in [6, 6.07) is 6.12.